The SMILES string of the molecule is CSCCCn1cc(CNC2CC2)c2ccc(Cl)cc21. The van der Waals surface area contributed by atoms with Gasteiger partial charge >= 0.3 is 0 Å². The first kappa shape index (κ1) is 14.3. The molecule has 1 heterocycles. The highest BCUT2D eigenvalue weighted by Gasteiger charge is 2.20. The van der Waals surface area contributed by atoms with Crippen molar-refractivity contribution in [3.05, 3.63) is 35.0 Å². The predicted molar refractivity (Wildman–Crippen MR) is 89.8 cm³/mol. The van der Waals surface area contributed by atoms with Crippen LogP contribution in [-0.4, -0.2) is 22.6 Å². The Morgan fingerprint density at radius 1 is 1.40 bits per heavy atom. The van der Waals surface area contributed by atoms with Crippen LogP contribution in [0.5, 0.6) is 0 Å². The van der Waals surface area contributed by atoms with Gasteiger partial charge in [0, 0.05) is 41.3 Å². The van der Waals surface area contributed by atoms with E-state index in [0.29, 0.717) is 0 Å². The maximum Gasteiger partial charge on any atom is 0.0498 e. The van der Waals surface area contributed by atoms with Crippen LogP contribution in [0.3, 0.4) is 0 Å². The molecular formula is C16H21ClN2S. The summed E-state index contributed by atoms with van der Waals surface area (Å²) in [5, 5.41) is 5.77. The second-order valence-corrected chi connectivity index (χ2v) is 6.93. The van der Waals surface area contributed by atoms with Crippen molar-refractivity contribution >= 4 is 34.3 Å². The standard InChI is InChI=1S/C16H21ClN2S/c1-20-8-2-7-19-11-12(10-18-14-4-5-14)15-6-3-13(17)9-16(15)19/h3,6,9,11,14,18H,2,4-5,7-8,10H2,1H3. The minimum atomic E-state index is 0.747. The number of nitrogens with one attached hydrogen (secondary N) is 1. The first-order chi connectivity index (χ1) is 9.78. The molecule has 0 saturated heterocycles. The predicted octanol–water partition coefficient (Wildman–Crippen LogP) is 4.30. The van der Waals surface area contributed by atoms with Gasteiger partial charge in [0.2, 0.25) is 0 Å². The molecule has 0 radical (unpaired) electrons. The average molecular weight is 309 g/mol. The van der Waals surface area contributed by atoms with Gasteiger partial charge in [0.1, 0.15) is 0 Å². The van der Waals surface area contributed by atoms with Gasteiger partial charge in [-0.1, -0.05) is 17.7 Å². The number of hydrogen-bond acceptors (Lipinski definition) is 2. The van der Waals surface area contributed by atoms with E-state index in [9.17, 15) is 0 Å². The molecule has 4 heteroatoms. The summed E-state index contributed by atoms with van der Waals surface area (Å²) in [6.07, 6.45) is 8.33. The van der Waals surface area contributed by atoms with Crippen molar-refractivity contribution in [2.45, 2.75) is 38.4 Å². The van der Waals surface area contributed by atoms with Crippen LogP contribution in [0.2, 0.25) is 5.02 Å². The number of nitrogens with zero attached hydrogens (tertiary/aromatic N) is 1. The molecule has 0 bridgehead atoms. The molecule has 20 heavy (non-hydrogen) atoms. The summed E-state index contributed by atoms with van der Waals surface area (Å²) in [6.45, 7) is 2.04. The van der Waals surface area contributed by atoms with Gasteiger partial charge in [0.15, 0.2) is 0 Å². The normalized spacial score (nSPS) is 15.1. The lowest BCUT2D eigenvalue weighted by molar-refractivity contribution is 0.676. The van der Waals surface area contributed by atoms with Crippen molar-refractivity contribution in [2.75, 3.05) is 12.0 Å². The number of aryl methyl sites for hydroxylation is 1. The third kappa shape index (κ3) is 3.33. The van der Waals surface area contributed by atoms with Gasteiger partial charge in [0.05, 0.1) is 0 Å². The molecule has 108 valence electrons. The van der Waals surface area contributed by atoms with Crippen molar-refractivity contribution in [2.24, 2.45) is 0 Å². The molecule has 1 saturated carbocycles. The minimum Gasteiger partial charge on any atom is -0.347 e. The maximum atomic E-state index is 6.17. The van der Waals surface area contributed by atoms with Crippen LogP contribution in [0.15, 0.2) is 24.4 Å². The molecule has 2 nitrogen and oxygen atoms in total. The molecule has 0 spiro atoms. The molecule has 1 fully saturated rings. The smallest absolute Gasteiger partial charge is 0.0498 e. The van der Waals surface area contributed by atoms with Crippen LogP contribution in [0, 0.1) is 0 Å². The summed E-state index contributed by atoms with van der Waals surface area (Å²) < 4.78 is 2.36. The highest BCUT2D eigenvalue weighted by atomic mass is 35.5. The summed E-state index contributed by atoms with van der Waals surface area (Å²) in [5.74, 6) is 1.20. The van der Waals surface area contributed by atoms with Crippen molar-refractivity contribution in [3.8, 4) is 0 Å². The average Bonchev–Trinajstić information content (AvgIpc) is 3.21. The highest BCUT2D eigenvalue weighted by Crippen LogP contribution is 2.26. The van der Waals surface area contributed by atoms with Crippen LogP contribution in [0.25, 0.3) is 10.9 Å². The van der Waals surface area contributed by atoms with E-state index in [2.05, 4.69) is 34.5 Å². The Kier molecular flexibility index (Phi) is 4.59. The van der Waals surface area contributed by atoms with Gasteiger partial charge in [0.25, 0.3) is 0 Å². The van der Waals surface area contributed by atoms with E-state index in [-0.39, 0.29) is 0 Å². The molecule has 2 aromatic rings. The molecule has 1 aliphatic carbocycles. The lowest BCUT2D eigenvalue weighted by Gasteiger charge is -2.04. The number of fused-ring (bicyclic) bond motifs is 1. The zero-order valence-electron chi connectivity index (χ0n) is 11.9. The number of hydrogen-bond donors (Lipinski definition) is 1. The van der Waals surface area contributed by atoms with Crippen molar-refractivity contribution in [3.63, 3.8) is 0 Å². The second-order valence-electron chi connectivity index (χ2n) is 5.51. The molecule has 1 aliphatic rings. The molecule has 0 unspecified atom stereocenters. The van der Waals surface area contributed by atoms with Gasteiger partial charge in [-0.05, 0) is 49.0 Å². The van der Waals surface area contributed by atoms with Crippen molar-refractivity contribution in [1.29, 1.82) is 0 Å². The number of thioether (sulfide) groups is 1. The van der Waals surface area contributed by atoms with E-state index in [4.69, 9.17) is 11.6 Å². The minimum absolute atomic E-state index is 0.747. The highest BCUT2D eigenvalue weighted by molar-refractivity contribution is 7.98. The van der Waals surface area contributed by atoms with Crippen molar-refractivity contribution < 1.29 is 0 Å². The Balaban J connectivity index is 1.84. The van der Waals surface area contributed by atoms with Gasteiger partial charge < -0.3 is 9.88 Å². The fourth-order valence-electron chi connectivity index (χ4n) is 2.59. The summed E-state index contributed by atoms with van der Waals surface area (Å²) in [4.78, 5) is 0. The van der Waals surface area contributed by atoms with Gasteiger partial charge in [-0.3, -0.25) is 0 Å². The van der Waals surface area contributed by atoms with Crippen LogP contribution >= 0.6 is 23.4 Å². The molecule has 1 N–H and O–H groups in total. The third-order valence-corrected chi connectivity index (χ3v) is 4.76. The van der Waals surface area contributed by atoms with E-state index in [0.717, 1.165) is 24.2 Å². The van der Waals surface area contributed by atoms with E-state index in [1.165, 1.54) is 41.5 Å². The van der Waals surface area contributed by atoms with Crippen LogP contribution < -0.4 is 5.32 Å². The molecule has 1 aromatic heterocycles. The summed E-state index contributed by atoms with van der Waals surface area (Å²) in [6, 6.07) is 7.00. The Morgan fingerprint density at radius 3 is 3.00 bits per heavy atom. The first-order valence-electron chi connectivity index (χ1n) is 7.27. The Bertz CT molecular complexity index is 589. The fourth-order valence-corrected chi connectivity index (χ4v) is 3.17. The molecular weight excluding hydrogens is 288 g/mol. The van der Waals surface area contributed by atoms with Gasteiger partial charge in [-0.2, -0.15) is 11.8 Å². The number of rotatable bonds is 7. The van der Waals surface area contributed by atoms with E-state index in [1.54, 1.807) is 0 Å². The maximum absolute atomic E-state index is 6.17. The van der Waals surface area contributed by atoms with E-state index >= 15 is 0 Å². The fraction of sp³-hybridized carbons (Fsp3) is 0.500. The number of benzene rings is 1. The first-order valence-corrected chi connectivity index (χ1v) is 9.04. The lowest BCUT2D eigenvalue weighted by atomic mass is 10.2. The zero-order chi connectivity index (χ0) is 13.9. The van der Waals surface area contributed by atoms with Gasteiger partial charge in [-0.25, -0.2) is 0 Å². The molecule has 0 aliphatic heterocycles. The topological polar surface area (TPSA) is 17.0 Å². The van der Waals surface area contributed by atoms with E-state index in [1.807, 2.05) is 17.8 Å². The summed E-state index contributed by atoms with van der Waals surface area (Å²) in [7, 11) is 0. The van der Waals surface area contributed by atoms with E-state index < -0.39 is 0 Å². The second kappa shape index (κ2) is 6.42. The van der Waals surface area contributed by atoms with Crippen LogP contribution in [0.1, 0.15) is 24.8 Å². The van der Waals surface area contributed by atoms with Crippen LogP contribution in [-0.2, 0) is 13.1 Å². The molecule has 0 amide bonds. The number of halogens is 1. The summed E-state index contributed by atoms with van der Waals surface area (Å²) >= 11 is 8.07. The zero-order valence-corrected chi connectivity index (χ0v) is 13.4. The Morgan fingerprint density at radius 2 is 2.25 bits per heavy atom. The van der Waals surface area contributed by atoms with Crippen LogP contribution in [0.4, 0.5) is 0 Å². The summed E-state index contributed by atoms with van der Waals surface area (Å²) in [5.41, 5.74) is 2.67. The monoisotopic (exact) mass is 308 g/mol. The largest absolute Gasteiger partial charge is 0.347 e. The third-order valence-electron chi connectivity index (χ3n) is 3.83. The molecule has 3 rings (SSSR count). The lowest BCUT2D eigenvalue weighted by Crippen LogP contribution is -2.14. The molecule has 1 aromatic carbocycles. The number of aromatic nitrogens is 1. The Labute approximate surface area is 129 Å². The van der Waals surface area contributed by atoms with Crippen molar-refractivity contribution in [1.82, 2.24) is 9.88 Å². The van der Waals surface area contributed by atoms with Gasteiger partial charge in [-0.15, -0.1) is 0 Å². The molecule has 0 atom stereocenters. The Hall–Kier alpha value is -0.640. The quantitative estimate of drug-likeness (QED) is 0.768.